The smallest absolute Gasteiger partial charge is 0.236 e. The zero-order chi connectivity index (χ0) is 15.1. The fourth-order valence-corrected chi connectivity index (χ4v) is 2.36. The molecular weight excluding hydrogens is 264 g/mol. The van der Waals surface area contributed by atoms with Crippen molar-refractivity contribution in [2.45, 2.75) is 19.9 Å². The van der Waals surface area contributed by atoms with Gasteiger partial charge in [-0.25, -0.2) is 0 Å². The maximum absolute atomic E-state index is 12.1. The van der Waals surface area contributed by atoms with E-state index >= 15 is 0 Å². The minimum atomic E-state index is -0.110. The second-order valence-corrected chi connectivity index (χ2v) is 4.81. The van der Waals surface area contributed by atoms with Crippen molar-refractivity contribution in [3.05, 3.63) is 60.1 Å². The molecule has 0 bridgehead atoms. The minimum absolute atomic E-state index is 0.104. The van der Waals surface area contributed by atoms with Crippen molar-refractivity contribution in [3.63, 3.8) is 0 Å². The first-order valence-corrected chi connectivity index (χ1v) is 7.35. The molecule has 21 heavy (non-hydrogen) atoms. The van der Waals surface area contributed by atoms with Crippen LogP contribution in [0.3, 0.4) is 0 Å². The Hall–Kier alpha value is -2.07. The van der Waals surface area contributed by atoms with E-state index in [1.807, 2.05) is 61.2 Å². The highest BCUT2D eigenvalue weighted by atomic mass is 16.3. The average Bonchev–Trinajstić information content (AvgIpc) is 3.04. The minimum Gasteiger partial charge on any atom is -0.467 e. The summed E-state index contributed by atoms with van der Waals surface area (Å²) in [5.74, 6) is 0.918. The molecule has 4 nitrogen and oxygen atoms in total. The summed E-state index contributed by atoms with van der Waals surface area (Å²) in [5, 5.41) is 3.30. The molecule has 0 aliphatic heterocycles. The van der Waals surface area contributed by atoms with E-state index in [0.717, 1.165) is 24.4 Å². The summed E-state index contributed by atoms with van der Waals surface area (Å²) in [4.78, 5) is 14.0. The number of benzene rings is 1. The lowest BCUT2D eigenvalue weighted by Crippen LogP contribution is -2.39. The molecular formula is C17H22N2O2. The largest absolute Gasteiger partial charge is 0.467 e. The summed E-state index contributed by atoms with van der Waals surface area (Å²) in [5.41, 5.74) is 1.08. The number of hydrogen-bond donors (Lipinski definition) is 1. The van der Waals surface area contributed by atoms with Crippen LogP contribution in [-0.4, -0.2) is 30.4 Å². The third kappa shape index (κ3) is 3.95. The van der Waals surface area contributed by atoms with E-state index in [-0.39, 0.29) is 11.9 Å². The predicted octanol–water partition coefficient (Wildman–Crippen LogP) is 2.83. The zero-order valence-electron chi connectivity index (χ0n) is 12.6. The van der Waals surface area contributed by atoms with Gasteiger partial charge in [-0.1, -0.05) is 30.3 Å². The molecule has 0 aliphatic carbocycles. The van der Waals surface area contributed by atoms with Gasteiger partial charge in [0.1, 0.15) is 5.76 Å². The molecule has 0 radical (unpaired) electrons. The molecule has 2 rings (SSSR count). The molecule has 1 aromatic heterocycles. The second kappa shape index (κ2) is 7.64. The zero-order valence-corrected chi connectivity index (χ0v) is 12.6. The van der Waals surface area contributed by atoms with Crippen molar-refractivity contribution < 1.29 is 9.21 Å². The summed E-state index contributed by atoms with van der Waals surface area (Å²) < 4.78 is 5.51. The molecule has 1 aromatic carbocycles. The SMILES string of the molecule is CCN(CC)C(=O)CNC(c1ccccc1)c1ccco1. The Bertz CT molecular complexity index is 533. The van der Waals surface area contributed by atoms with Gasteiger partial charge in [0.25, 0.3) is 0 Å². The fourth-order valence-electron chi connectivity index (χ4n) is 2.36. The number of carbonyl (C=O) groups excluding carboxylic acids is 1. The van der Waals surface area contributed by atoms with Crippen molar-refractivity contribution in [2.75, 3.05) is 19.6 Å². The van der Waals surface area contributed by atoms with E-state index in [9.17, 15) is 4.79 Å². The number of furan rings is 1. The van der Waals surface area contributed by atoms with Gasteiger partial charge in [-0.05, 0) is 31.5 Å². The lowest BCUT2D eigenvalue weighted by molar-refractivity contribution is -0.129. The van der Waals surface area contributed by atoms with Gasteiger partial charge in [0.15, 0.2) is 0 Å². The van der Waals surface area contributed by atoms with Crippen LogP contribution in [0.1, 0.15) is 31.2 Å². The average molecular weight is 286 g/mol. The summed E-state index contributed by atoms with van der Waals surface area (Å²) >= 11 is 0. The maximum Gasteiger partial charge on any atom is 0.236 e. The molecule has 0 fully saturated rings. The van der Waals surface area contributed by atoms with Gasteiger partial charge in [0, 0.05) is 13.1 Å². The van der Waals surface area contributed by atoms with E-state index in [1.165, 1.54) is 0 Å². The van der Waals surface area contributed by atoms with Gasteiger partial charge >= 0.3 is 0 Å². The number of hydrogen-bond acceptors (Lipinski definition) is 3. The lowest BCUT2D eigenvalue weighted by Gasteiger charge is -2.22. The normalized spacial score (nSPS) is 12.1. The van der Waals surface area contributed by atoms with E-state index in [1.54, 1.807) is 6.26 Å². The van der Waals surface area contributed by atoms with Crippen LogP contribution in [0.4, 0.5) is 0 Å². The fraction of sp³-hybridized carbons (Fsp3) is 0.353. The highest BCUT2D eigenvalue weighted by Gasteiger charge is 2.18. The topological polar surface area (TPSA) is 45.5 Å². The highest BCUT2D eigenvalue weighted by molar-refractivity contribution is 5.78. The van der Waals surface area contributed by atoms with Crippen molar-refractivity contribution in [2.24, 2.45) is 0 Å². The summed E-state index contributed by atoms with van der Waals surface area (Å²) in [6, 6.07) is 13.7. The van der Waals surface area contributed by atoms with Crippen molar-refractivity contribution >= 4 is 5.91 Å². The van der Waals surface area contributed by atoms with Gasteiger partial charge in [-0.15, -0.1) is 0 Å². The molecule has 0 saturated heterocycles. The highest BCUT2D eigenvalue weighted by Crippen LogP contribution is 2.22. The van der Waals surface area contributed by atoms with E-state index in [4.69, 9.17) is 4.42 Å². The van der Waals surface area contributed by atoms with E-state index < -0.39 is 0 Å². The molecule has 1 heterocycles. The third-order valence-corrected chi connectivity index (χ3v) is 3.53. The van der Waals surface area contributed by atoms with Crippen molar-refractivity contribution in [1.29, 1.82) is 0 Å². The van der Waals surface area contributed by atoms with Crippen LogP contribution in [0.5, 0.6) is 0 Å². The quantitative estimate of drug-likeness (QED) is 0.851. The van der Waals surface area contributed by atoms with Crippen molar-refractivity contribution in [1.82, 2.24) is 10.2 Å². The number of amides is 1. The Morgan fingerprint density at radius 1 is 1.14 bits per heavy atom. The molecule has 0 spiro atoms. The molecule has 1 N–H and O–H groups in total. The molecule has 0 saturated carbocycles. The molecule has 0 aliphatic rings. The second-order valence-electron chi connectivity index (χ2n) is 4.81. The number of nitrogens with zero attached hydrogens (tertiary/aromatic N) is 1. The Morgan fingerprint density at radius 2 is 1.86 bits per heavy atom. The Kier molecular flexibility index (Phi) is 5.58. The van der Waals surface area contributed by atoms with Crippen LogP contribution < -0.4 is 5.32 Å². The Morgan fingerprint density at radius 3 is 2.43 bits per heavy atom. The van der Waals surface area contributed by atoms with Crippen LogP contribution in [-0.2, 0) is 4.79 Å². The predicted molar refractivity (Wildman–Crippen MR) is 82.9 cm³/mol. The number of likely N-dealkylation sites (N-methyl/N-ethyl adjacent to an activating group) is 1. The van der Waals surface area contributed by atoms with Crippen LogP contribution >= 0.6 is 0 Å². The van der Waals surface area contributed by atoms with Gasteiger partial charge < -0.3 is 9.32 Å². The first-order chi connectivity index (χ1) is 10.3. The van der Waals surface area contributed by atoms with E-state index in [2.05, 4.69) is 5.32 Å². The Balaban J connectivity index is 2.09. The first-order valence-electron chi connectivity index (χ1n) is 7.35. The van der Waals surface area contributed by atoms with Gasteiger partial charge in [0.05, 0.1) is 18.8 Å². The Labute approximate surface area is 125 Å². The van der Waals surface area contributed by atoms with Crippen LogP contribution in [0.15, 0.2) is 53.1 Å². The lowest BCUT2D eigenvalue weighted by atomic mass is 10.0. The summed E-state index contributed by atoms with van der Waals surface area (Å²) in [6.07, 6.45) is 1.65. The molecule has 1 atom stereocenters. The number of rotatable bonds is 7. The molecule has 112 valence electrons. The van der Waals surface area contributed by atoms with E-state index in [0.29, 0.717) is 6.54 Å². The molecule has 1 unspecified atom stereocenters. The van der Waals surface area contributed by atoms with Crippen LogP contribution in [0, 0.1) is 0 Å². The standard InChI is InChI=1S/C17H22N2O2/c1-3-19(4-2)16(20)13-18-17(15-11-8-12-21-15)14-9-6-5-7-10-14/h5-12,17-18H,3-4,13H2,1-2H3. The van der Waals surface area contributed by atoms with Crippen LogP contribution in [0.2, 0.25) is 0 Å². The molecule has 4 heteroatoms. The summed E-state index contributed by atoms with van der Waals surface area (Å²) in [6.45, 7) is 5.73. The van der Waals surface area contributed by atoms with Gasteiger partial charge in [-0.2, -0.15) is 0 Å². The van der Waals surface area contributed by atoms with Crippen LogP contribution in [0.25, 0.3) is 0 Å². The summed E-state index contributed by atoms with van der Waals surface area (Å²) in [7, 11) is 0. The first kappa shape index (κ1) is 15.3. The third-order valence-electron chi connectivity index (χ3n) is 3.53. The molecule has 2 aromatic rings. The maximum atomic E-state index is 12.1. The monoisotopic (exact) mass is 286 g/mol. The van der Waals surface area contributed by atoms with Crippen molar-refractivity contribution in [3.8, 4) is 0 Å². The van der Waals surface area contributed by atoms with Gasteiger partial charge in [-0.3, -0.25) is 10.1 Å². The number of nitrogens with one attached hydrogen (secondary N) is 1. The molecule has 1 amide bonds. The number of carbonyl (C=O) groups is 1. The van der Waals surface area contributed by atoms with Gasteiger partial charge in [0.2, 0.25) is 5.91 Å².